The van der Waals surface area contributed by atoms with Crippen LogP contribution in [0.5, 0.6) is 0 Å². The van der Waals surface area contributed by atoms with Crippen molar-refractivity contribution in [3.8, 4) is 0 Å². The van der Waals surface area contributed by atoms with Gasteiger partial charge in [-0.3, -0.25) is 9.59 Å². The molecule has 1 atom stereocenters. The number of amides is 1. The van der Waals surface area contributed by atoms with Gasteiger partial charge in [0.2, 0.25) is 5.91 Å². The molecule has 0 aliphatic carbocycles. The van der Waals surface area contributed by atoms with Crippen LogP contribution in [0.3, 0.4) is 0 Å². The van der Waals surface area contributed by atoms with Gasteiger partial charge in [-0.1, -0.05) is 29.8 Å². The topological polar surface area (TPSA) is 107 Å². The minimum atomic E-state index is -4.17. The van der Waals surface area contributed by atoms with Gasteiger partial charge in [-0.05, 0) is 43.7 Å². The summed E-state index contributed by atoms with van der Waals surface area (Å²) in [5.41, 5.74) is 1.63. The highest BCUT2D eigenvalue weighted by Crippen LogP contribution is 2.23. The van der Waals surface area contributed by atoms with Crippen LogP contribution >= 0.6 is 0 Å². The lowest BCUT2D eigenvalue weighted by Gasteiger charge is -2.17. The number of ketones is 1. The van der Waals surface area contributed by atoms with Crippen LogP contribution in [0.25, 0.3) is 0 Å². The first kappa shape index (κ1) is 21.3. The molecule has 0 aromatic heterocycles. The average molecular weight is 403 g/mol. The first-order valence-electron chi connectivity index (χ1n) is 8.45. The zero-order chi connectivity index (χ0) is 20.9. The van der Waals surface area contributed by atoms with E-state index in [9.17, 15) is 22.8 Å². The van der Waals surface area contributed by atoms with Crippen molar-refractivity contribution in [2.75, 3.05) is 7.11 Å². The predicted octanol–water partition coefficient (Wildman–Crippen LogP) is 2.35. The van der Waals surface area contributed by atoms with Gasteiger partial charge in [0, 0.05) is 6.42 Å². The number of sulfonamides is 1. The van der Waals surface area contributed by atoms with E-state index in [-0.39, 0.29) is 22.7 Å². The molecule has 0 aliphatic rings. The maximum atomic E-state index is 12.7. The zero-order valence-electron chi connectivity index (χ0n) is 15.8. The van der Waals surface area contributed by atoms with E-state index in [1.807, 2.05) is 17.7 Å². The molecule has 2 rings (SSSR count). The highest BCUT2D eigenvalue weighted by molar-refractivity contribution is 7.90. The number of nitrogens with one attached hydrogen (secondary N) is 1. The van der Waals surface area contributed by atoms with E-state index in [1.165, 1.54) is 38.3 Å². The number of benzene rings is 2. The third-order valence-electron chi connectivity index (χ3n) is 4.07. The minimum Gasteiger partial charge on any atom is -0.465 e. The lowest BCUT2D eigenvalue weighted by Crippen LogP contribution is -2.35. The van der Waals surface area contributed by atoms with Crippen molar-refractivity contribution in [2.45, 2.75) is 31.1 Å². The Kier molecular flexibility index (Phi) is 6.69. The molecule has 0 fully saturated rings. The second-order valence-corrected chi connectivity index (χ2v) is 8.04. The van der Waals surface area contributed by atoms with Gasteiger partial charge in [0.25, 0.3) is 10.0 Å². The number of Topliss-reactive ketones (excluding diaryl/α,β-unsaturated/α-hetero) is 1. The van der Waals surface area contributed by atoms with E-state index < -0.39 is 27.8 Å². The SMILES string of the molecule is COC(=O)c1ccc(S(=O)(=O)NC(=O)C(CC(C)=O)c2cccc(C)c2)cc1. The Bertz CT molecular complexity index is 996. The molecule has 7 nitrogen and oxygen atoms in total. The van der Waals surface area contributed by atoms with Crippen LogP contribution in [0, 0.1) is 6.92 Å². The zero-order valence-corrected chi connectivity index (χ0v) is 16.6. The fourth-order valence-electron chi connectivity index (χ4n) is 2.69. The molecule has 0 aliphatic heterocycles. The molecular formula is C20H21NO6S. The van der Waals surface area contributed by atoms with Gasteiger partial charge in [-0.15, -0.1) is 0 Å². The van der Waals surface area contributed by atoms with Crippen molar-refractivity contribution in [3.05, 3.63) is 65.2 Å². The molecule has 2 aromatic rings. The molecule has 8 heteroatoms. The van der Waals surface area contributed by atoms with Crippen LogP contribution in [-0.4, -0.2) is 33.2 Å². The number of aryl methyl sites for hydroxylation is 1. The van der Waals surface area contributed by atoms with E-state index in [2.05, 4.69) is 4.74 Å². The van der Waals surface area contributed by atoms with E-state index in [0.29, 0.717) is 5.56 Å². The summed E-state index contributed by atoms with van der Waals surface area (Å²) in [7, 11) is -2.95. The number of hydrogen-bond donors (Lipinski definition) is 1. The summed E-state index contributed by atoms with van der Waals surface area (Å²) in [5.74, 6) is -2.56. The van der Waals surface area contributed by atoms with Crippen molar-refractivity contribution in [1.82, 2.24) is 4.72 Å². The summed E-state index contributed by atoms with van der Waals surface area (Å²) >= 11 is 0. The normalized spacial score (nSPS) is 12.1. The summed E-state index contributed by atoms with van der Waals surface area (Å²) < 4.78 is 31.7. The fraction of sp³-hybridized carbons (Fsp3) is 0.250. The van der Waals surface area contributed by atoms with Crippen LogP contribution < -0.4 is 4.72 Å². The van der Waals surface area contributed by atoms with Gasteiger partial charge in [0.1, 0.15) is 5.78 Å². The van der Waals surface area contributed by atoms with E-state index >= 15 is 0 Å². The van der Waals surface area contributed by atoms with Crippen LogP contribution in [0.2, 0.25) is 0 Å². The fourth-order valence-corrected chi connectivity index (χ4v) is 3.71. The number of carbonyl (C=O) groups excluding carboxylic acids is 3. The number of ether oxygens (including phenoxy) is 1. The summed E-state index contributed by atoms with van der Waals surface area (Å²) in [6.07, 6.45) is -0.119. The van der Waals surface area contributed by atoms with Crippen LogP contribution in [0.1, 0.15) is 40.7 Å². The standard InChI is InChI=1S/C20H21NO6S/c1-13-5-4-6-16(11-13)18(12-14(2)22)19(23)21-28(25,26)17-9-7-15(8-10-17)20(24)27-3/h4-11,18H,12H2,1-3H3,(H,21,23). The summed E-state index contributed by atoms with van der Waals surface area (Å²) in [6, 6.07) is 12.0. The number of hydrogen-bond acceptors (Lipinski definition) is 6. The predicted molar refractivity (Wildman–Crippen MR) is 102 cm³/mol. The van der Waals surface area contributed by atoms with Crippen molar-refractivity contribution < 1.29 is 27.5 Å². The molecule has 0 bridgehead atoms. The summed E-state index contributed by atoms with van der Waals surface area (Å²) in [4.78, 5) is 35.6. The third kappa shape index (κ3) is 5.26. The molecule has 0 radical (unpaired) electrons. The molecule has 0 saturated carbocycles. The highest BCUT2D eigenvalue weighted by Gasteiger charge is 2.27. The Labute approximate surface area is 163 Å². The molecule has 28 heavy (non-hydrogen) atoms. The van der Waals surface area contributed by atoms with E-state index in [1.54, 1.807) is 18.2 Å². The number of carbonyl (C=O) groups is 3. The minimum absolute atomic E-state index is 0.119. The first-order valence-corrected chi connectivity index (χ1v) is 9.93. The molecule has 0 heterocycles. The summed E-state index contributed by atoms with van der Waals surface area (Å²) in [5, 5.41) is 0. The van der Waals surface area contributed by atoms with Gasteiger partial charge in [0.05, 0.1) is 23.5 Å². The molecular weight excluding hydrogens is 382 g/mol. The largest absolute Gasteiger partial charge is 0.465 e. The Balaban J connectivity index is 2.28. The Morgan fingerprint density at radius 2 is 1.71 bits per heavy atom. The van der Waals surface area contributed by atoms with Gasteiger partial charge in [-0.25, -0.2) is 17.9 Å². The maximum Gasteiger partial charge on any atom is 0.337 e. The maximum absolute atomic E-state index is 12.7. The highest BCUT2D eigenvalue weighted by atomic mass is 32.2. The van der Waals surface area contributed by atoms with Crippen molar-refractivity contribution in [3.63, 3.8) is 0 Å². The Morgan fingerprint density at radius 1 is 1.07 bits per heavy atom. The van der Waals surface area contributed by atoms with E-state index in [0.717, 1.165) is 5.56 Å². The Morgan fingerprint density at radius 3 is 2.25 bits per heavy atom. The number of rotatable bonds is 7. The lowest BCUT2D eigenvalue weighted by atomic mass is 9.92. The molecule has 1 unspecified atom stereocenters. The van der Waals surface area contributed by atoms with Gasteiger partial charge < -0.3 is 4.74 Å². The summed E-state index contributed by atoms with van der Waals surface area (Å²) in [6.45, 7) is 3.18. The van der Waals surface area contributed by atoms with Crippen LogP contribution in [0.4, 0.5) is 0 Å². The first-order chi connectivity index (χ1) is 13.1. The third-order valence-corrected chi connectivity index (χ3v) is 5.44. The van der Waals surface area contributed by atoms with Crippen LogP contribution in [-0.2, 0) is 24.3 Å². The monoisotopic (exact) mass is 403 g/mol. The lowest BCUT2D eigenvalue weighted by molar-refractivity contribution is -0.125. The number of esters is 1. The smallest absolute Gasteiger partial charge is 0.337 e. The average Bonchev–Trinajstić information content (AvgIpc) is 2.65. The molecule has 0 saturated heterocycles. The second kappa shape index (κ2) is 8.79. The van der Waals surface area contributed by atoms with Gasteiger partial charge >= 0.3 is 5.97 Å². The molecule has 2 aromatic carbocycles. The van der Waals surface area contributed by atoms with Crippen LogP contribution in [0.15, 0.2) is 53.4 Å². The van der Waals surface area contributed by atoms with E-state index in [4.69, 9.17) is 0 Å². The van der Waals surface area contributed by atoms with Crippen molar-refractivity contribution in [1.29, 1.82) is 0 Å². The quantitative estimate of drug-likeness (QED) is 0.711. The van der Waals surface area contributed by atoms with Crippen molar-refractivity contribution in [2.24, 2.45) is 0 Å². The second-order valence-electron chi connectivity index (χ2n) is 6.36. The number of methoxy groups -OCH3 is 1. The van der Waals surface area contributed by atoms with Gasteiger partial charge in [-0.2, -0.15) is 0 Å². The molecule has 1 N–H and O–H groups in total. The van der Waals surface area contributed by atoms with Crippen molar-refractivity contribution >= 4 is 27.7 Å². The van der Waals surface area contributed by atoms with Gasteiger partial charge in [0.15, 0.2) is 0 Å². The Hall–Kier alpha value is -3.00. The molecule has 148 valence electrons. The molecule has 0 spiro atoms. The molecule has 1 amide bonds.